The second-order valence-corrected chi connectivity index (χ2v) is 3.82. The van der Waals surface area contributed by atoms with Gasteiger partial charge in [0.15, 0.2) is 0 Å². The molecule has 0 amide bonds. The molecule has 1 atom stereocenters. The number of hydrogen-bond acceptors (Lipinski definition) is 3. The molecular formula is C9H6F3N2O2S-. The van der Waals surface area contributed by atoms with Gasteiger partial charge in [-0.05, 0) is 18.2 Å². The number of alkyl halides is 2. The number of rotatable bonds is 4. The van der Waals surface area contributed by atoms with Gasteiger partial charge < -0.3 is 4.55 Å². The monoisotopic (exact) mass is 263 g/mol. The van der Waals surface area contributed by atoms with Crippen molar-refractivity contribution >= 4 is 17.0 Å². The van der Waals surface area contributed by atoms with Crippen LogP contribution in [0.25, 0.3) is 0 Å². The zero-order chi connectivity index (χ0) is 13.0. The van der Waals surface area contributed by atoms with Gasteiger partial charge in [0, 0.05) is 11.3 Å². The number of anilines is 1. The minimum atomic E-state index is -2.96. The SMILES string of the molecule is N#Cc1cc(F)ccc1N(CC(F)F)S(=O)[O-]. The van der Waals surface area contributed by atoms with Crippen LogP contribution < -0.4 is 4.31 Å². The Balaban J connectivity index is 3.19. The molecule has 0 aliphatic heterocycles. The number of halogens is 3. The summed E-state index contributed by atoms with van der Waals surface area (Å²) in [4.78, 5) is 0. The summed E-state index contributed by atoms with van der Waals surface area (Å²) in [7, 11) is 0. The Hall–Kier alpha value is -1.59. The van der Waals surface area contributed by atoms with Crippen molar-refractivity contribution in [3.8, 4) is 6.07 Å². The van der Waals surface area contributed by atoms with E-state index in [2.05, 4.69) is 0 Å². The number of benzene rings is 1. The van der Waals surface area contributed by atoms with Crippen LogP contribution in [-0.2, 0) is 11.3 Å². The second kappa shape index (κ2) is 5.65. The first-order chi connectivity index (χ1) is 7.95. The van der Waals surface area contributed by atoms with E-state index in [4.69, 9.17) is 5.26 Å². The van der Waals surface area contributed by atoms with Crippen LogP contribution in [0.1, 0.15) is 5.56 Å². The Kier molecular flexibility index (Phi) is 4.48. The van der Waals surface area contributed by atoms with Crippen LogP contribution in [0.4, 0.5) is 18.9 Å². The van der Waals surface area contributed by atoms with Gasteiger partial charge in [0.1, 0.15) is 11.9 Å². The molecule has 0 saturated heterocycles. The first-order valence-corrected chi connectivity index (χ1v) is 5.33. The minimum Gasteiger partial charge on any atom is -0.755 e. The highest BCUT2D eigenvalue weighted by Gasteiger charge is 2.17. The van der Waals surface area contributed by atoms with Gasteiger partial charge in [0.25, 0.3) is 6.43 Å². The lowest BCUT2D eigenvalue weighted by molar-refractivity contribution is 0.159. The lowest BCUT2D eigenvalue weighted by Gasteiger charge is -2.26. The summed E-state index contributed by atoms with van der Waals surface area (Å²) in [6.07, 6.45) is -2.90. The Morgan fingerprint density at radius 3 is 2.65 bits per heavy atom. The van der Waals surface area contributed by atoms with Crippen molar-refractivity contribution in [3.63, 3.8) is 0 Å². The molecule has 0 fully saturated rings. The fourth-order valence-electron chi connectivity index (χ4n) is 1.18. The summed E-state index contributed by atoms with van der Waals surface area (Å²) >= 11 is -2.96. The van der Waals surface area contributed by atoms with Crippen molar-refractivity contribution in [2.24, 2.45) is 0 Å². The average molecular weight is 263 g/mol. The molecule has 0 heterocycles. The fourth-order valence-corrected chi connectivity index (χ4v) is 1.73. The normalized spacial score (nSPS) is 12.2. The molecule has 0 saturated carbocycles. The predicted molar refractivity (Wildman–Crippen MR) is 53.4 cm³/mol. The van der Waals surface area contributed by atoms with E-state index in [-0.39, 0.29) is 11.3 Å². The van der Waals surface area contributed by atoms with Crippen LogP contribution in [0.5, 0.6) is 0 Å². The fraction of sp³-hybridized carbons (Fsp3) is 0.222. The van der Waals surface area contributed by atoms with Gasteiger partial charge in [-0.3, -0.25) is 8.51 Å². The topological polar surface area (TPSA) is 67.2 Å². The van der Waals surface area contributed by atoms with Gasteiger partial charge in [-0.25, -0.2) is 13.2 Å². The summed E-state index contributed by atoms with van der Waals surface area (Å²) < 4.78 is 59.0. The molecule has 1 aromatic rings. The van der Waals surface area contributed by atoms with Gasteiger partial charge in [0.05, 0.1) is 17.8 Å². The lowest BCUT2D eigenvalue weighted by Crippen LogP contribution is -2.31. The van der Waals surface area contributed by atoms with E-state index in [0.29, 0.717) is 4.31 Å². The van der Waals surface area contributed by atoms with Gasteiger partial charge in [-0.15, -0.1) is 0 Å². The molecule has 92 valence electrons. The lowest BCUT2D eigenvalue weighted by atomic mass is 10.2. The van der Waals surface area contributed by atoms with Crippen molar-refractivity contribution < 1.29 is 21.9 Å². The van der Waals surface area contributed by atoms with Crippen molar-refractivity contribution in [3.05, 3.63) is 29.6 Å². The third kappa shape index (κ3) is 3.44. The molecular weight excluding hydrogens is 257 g/mol. The number of nitrogens with zero attached hydrogens (tertiary/aromatic N) is 2. The number of nitriles is 1. The molecule has 0 aliphatic carbocycles. The van der Waals surface area contributed by atoms with E-state index in [1.807, 2.05) is 0 Å². The van der Waals surface area contributed by atoms with Gasteiger partial charge in [-0.2, -0.15) is 5.26 Å². The molecule has 1 rings (SSSR count). The summed E-state index contributed by atoms with van der Waals surface area (Å²) in [5.41, 5.74) is -0.600. The van der Waals surface area contributed by atoms with Crippen LogP contribution in [-0.4, -0.2) is 21.7 Å². The highest BCUT2D eigenvalue weighted by atomic mass is 32.2. The standard InChI is InChI=1S/C9H7F3N2O2S/c10-7-1-2-8(6(3-7)4-13)14(17(15)16)5-9(11)12/h1-3,9H,5H2,(H,15,16)/p-1. The maximum Gasteiger partial charge on any atom is 0.256 e. The molecule has 1 unspecified atom stereocenters. The molecule has 0 aromatic heterocycles. The Bertz CT molecular complexity index is 476. The van der Waals surface area contributed by atoms with Gasteiger partial charge >= 0.3 is 0 Å². The average Bonchev–Trinajstić information content (AvgIpc) is 2.25. The van der Waals surface area contributed by atoms with Crippen molar-refractivity contribution in [2.75, 3.05) is 10.8 Å². The third-order valence-electron chi connectivity index (χ3n) is 1.83. The second-order valence-electron chi connectivity index (χ2n) is 2.94. The van der Waals surface area contributed by atoms with Crippen LogP contribution in [0.3, 0.4) is 0 Å². The number of hydrogen-bond donors (Lipinski definition) is 0. The molecule has 0 spiro atoms. The predicted octanol–water partition coefficient (Wildman–Crippen LogP) is 1.56. The van der Waals surface area contributed by atoms with E-state index in [9.17, 15) is 21.9 Å². The minimum absolute atomic E-state index is 0.275. The van der Waals surface area contributed by atoms with E-state index >= 15 is 0 Å². The van der Waals surface area contributed by atoms with Crippen molar-refractivity contribution in [1.29, 1.82) is 5.26 Å². The molecule has 0 bridgehead atoms. The molecule has 0 aliphatic rings. The maximum absolute atomic E-state index is 12.8. The Morgan fingerprint density at radius 2 is 2.18 bits per heavy atom. The molecule has 1 aromatic carbocycles. The van der Waals surface area contributed by atoms with Gasteiger partial charge in [0.2, 0.25) is 0 Å². The van der Waals surface area contributed by atoms with E-state index in [1.165, 1.54) is 0 Å². The van der Waals surface area contributed by atoms with E-state index in [0.717, 1.165) is 18.2 Å². The van der Waals surface area contributed by atoms with Crippen molar-refractivity contribution in [1.82, 2.24) is 0 Å². The zero-order valence-electron chi connectivity index (χ0n) is 8.27. The first-order valence-electron chi connectivity index (χ1n) is 4.30. The smallest absolute Gasteiger partial charge is 0.256 e. The van der Waals surface area contributed by atoms with E-state index in [1.54, 1.807) is 6.07 Å². The molecule has 4 nitrogen and oxygen atoms in total. The summed E-state index contributed by atoms with van der Waals surface area (Å²) in [6.45, 7) is -1.09. The third-order valence-corrected chi connectivity index (χ3v) is 2.54. The summed E-state index contributed by atoms with van der Waals surface area (Å²) in [5, 5.41) is 8.68. The highest BCUT2D eigenvalue weighted by Crippen LogP contribution is 2.22. The Morgan fingerprint density at radius 1 is 1.53 bits per heavy atom. The molecule has 0 radical (unpaired) electrons. The summed E-state index contributed by atoms with van der Waals surface area (Å²) in [6, 6.07) is 4.18. The van der Waals surface area contributed by atoms with Crippen LogP contribution in [0, 0.1) is 17.1 Å². The summed E-state index contributed by atoms with van der Waals surface area (Å²) in [5.74, 6) is -0.751. The molecule has 0 N–H and O–H groups in total. The van der Waals surface area contributed by atoms with Crippen LogP contribution in [0.2, 0.25) is 0 Å². The van der Waals surface area contributed by atoms with Crippen LogP contribution in [0.15, 0.2) is 18.2 Å². The quantitative estimate of drug-likeness (QED) is 0.774. The zero-order valence-corrected chi connectivity index (χ0v) is 9.09. The molecule has 8 heteroatoms. The highest BCUT2D eigenvalue weighted by molar-refractivity contribution is 7.80. The largest absolute Gasteiger partial charge is 0.755 e. The van der Waals surface area contributed by atoms with Crippen LogP contribution >= 0.6 is 0 Å². The van der Waals surface area contributed by atoms with Gasteiger partial charge in [-0.1, -0.05) is 0 Å². The first kappa shape index (κ1) is 13.5. The Labute approximate surface area is 97.7 Å². The van der Waals surface area contributed by atoms with Crippen molar-refractivity contribution in [2.45, 2.75) is 6.43 Å². The maximum atomic E-state index is 12.8. The molecule has 17 heavy (non-hydrogen) atoms. The van der Waals surface area contributed by atoms with E-state index < -0.39 is 30.1 Å².